The van der Waals surface area contributed by atoms with Crippen LogP contribution in [0.5, 0.6) is 0 Å². The molecule has 9 heteroatoms. The lowest BCUT2D eigenvalue weighted by Gasteiger charge is -2.05. The third-order valence-electron chi connectivity index (χ3n) is 2.09. The molecule has 2 N–H and O–H groups in total. The Morgan fingerprint density at radius 1 is 1.37 bits per heavy atom. The number of carboxylic acid groups (broad SMARTS) is 1. The van der Waals surface area contributed by atoms with E-state index in [0.717, 1.165) is 6.07 Å². The van der Waals surface area contributed by atoms with Crippen LogP contribution >= 0.6 is 15.9 Å². The first kappa shape index (κ1) is 13.6. The Kier molecular flexibility index (Phi) is 3.58. The van der Waals surface area contributed by atoms with Crippen molar-refractivity contribution in [2.24, 2.45) is 0 Å². The van der Waals surface area contributed by atoms with E-state index in [9.17, 15) is 13.2 Å². The van der Waals surface area contributed by atoms with Crippen molar-refractivity contribution >= 4 is 37.6 Å². The number of nitrogens with one attached hydrogen (secondary N) is 1. The van der Waals surface area contributed by atoms with Crippen LogP contribution in [0, 0.1) is 0 Å². The SMILES string of the molecule is O=C(O)c1cc(S(=O)(=O)Nc2ccncc2)c(Br)o1. The van der Waals surface area contributed by atoms with Crippen LogP contribution in [0.25, 0.3) is 0 Å². The first-order valence-corrected chi connectivity index (χ1v) is 7.13. The summed E-state index contributed by atoms with van der Waals surface area (Å²) in [6.45, 7) is 0. The summed E-state index contributed by atoms with van der Waals surface area (Å²) >= 11 is 2.87. The molecule has 19 heavy (non-hydrogen) atoms. The molecule has 2 rings (SSSR count). The number of pyridine rings is 1. The van der Waals surface area contributed by atoms with Crippen LogP contribution in [0.4, 0.5) is 5.69 Å². The average Bonchev–Trinajstić information content (AvgIpc) is 2.73. The largest absolute Gasteiger partial charge is 0.475 e. The molecule has 0 unspecified atom stereocenters. The highest BCUT2D eigenvalue weighted by atomic mass is 79.9. The second-order valence-corrected chi connectivity index (χ2v) is 5.77. The zero-order valence-corrected chi connectivity index (χ0v) is 11.6. The minimum atomic E-state index is -3.94. The van der Waals surface area contributed by atoms with Gasteiger partial charge in [0.2, 0.25) is 5.76 Å². The molecular weight excluding hydrogens is 340 g/mol. The molecule has 7 nitrogen and oxygen atoms in total. The standard InChI is InChI=1S/C10H7BrN2O5S/c11-9-8(5-7(18-9)10(14)15)19(16,17)13-6-1-3-12-4-2-6/h1-5H,(H,12,13)(H,14,15). The number of hydrogen-bond acceptors (Lipinski definition) is 5. The fourth-order valence-electron chi connectivity index (χ4n) is 1.27. The van der Waals surface area contributed by atoms with Crippen molar-refractivity contribution in [2.75, 3.05) is 4.72 Å². The minimum absolute atomic E-state index is 0.175. The van der Waals surface area contributed by atoms with Gasteiger partial charge in [0.1, 0.15) is 4.90 Å². The third kappa shape index (κ3) is 2.93. The van der Waals surface area contributed by atoms with E-state index >= 15 is 0 Å². The van der Waals surface area contributed by atoms with Gasteiger partial charge in [0, 0.05) is 18.5 Å². The number of carboxylic acids is 1. The lowest BCUT2D eigenvalue weighted by Crippen LogP contribution is -2.12. The Morgan fingerprint density at radius 2 is 2.00 bits per heavy atom. The molecule has 0 aliphatic rings. The summed E-state index contributed by atoms with van der Waals surface area (Å²) in [4.78, 5) is 14.2. The molecule has 2 aromatic heterocycles. The lowest BCUT2D eigenvalue weighted by molar-refractivity contribution is 0.0661. The van der Waals surface area contributed by atoms with Crippen LogP contribution < -0.4 is 4.72 Å². The van der Waals surface area contributed by atoms with E-state index < -0.39 is 21.8 Å². The Hall–Kier alpha value is -1.87. The zero-order valence-electron chi connectivity index (χ0n) is 9.20. The van der Waals surface area contributed by atoms with E-state index in [0.29, 0.717) is 5.69 Å². The summed E-state index contributed by atoms with van der Waals surface area (Å²) in [6.07, 6.45) is 2.84. The number of rotatable bonds is 4. The number of hydrogen-bond donors (Lipinski definition) is 2. The van der Waals surface area contributed by atoms with Gasteiger partial charge in [-0.05, 0) is 28.1 Å². The summed E-state index contributed by atoms with van der Waals surface area (Å²) in [6, 6.07) is 3.85. The second kappa shape index (κ2) is 5.02. The Labute approximate surface area is 116 Å². The molecule has 0 fully saturated rings. The van der Waals surface area contributed by atoms with Gasteiger partial charge < -0.3 is 9.52 Å². The molecular formula is C10H7BrN2O5S. The van der Waals surface area contributed by atoms with Crippen LogP contribution in [0.15, 0.2) is 44.6 Å². The van der Waals surface area contributed by atoms with Gasteiger partial charge in [-0.2, -0.15) is 0 Å². The summed E-state index contributed by atoms with van der Waals surface area (Å²) in [5.41, 5.74) is 0.306. The van der Waals surface area contributed by atoms with Crippen LogP contribution in [0.2, 0.25) is 0 Å². The van der Waals surface area contributed by atoms with Gasteiger partial charge in [0.05, 0.1) is 5.69 Å². The fourth-order valence-corrected chi connectivity index (χ4v) is 3.27. The fraction of sp³-hybridized carbons (Fsp3) is 0. The molecule has 0 saturated carbocycles. The highest BCUT2D eigenvalue weighted by molar-refractivity contribution is 9.10. The van der Waals surface area contributed by atoms with Crippen molar-refractivity contribution in [2.45, 2.75) is 4.90 Å². The van der Waals surface area contributed by atoms with Crippen molar-refractivity contribution < 1.29 is 22.7 Å². The number of anilines is 1. The monoisotopic (exact) mass is 346 g/mol. The summed E-state index contributed by atoms with van der Waals surface area (Å²) in [5.74, 6) is -1.83. The third-order valence-corrected chi connectivity index (χ3v) is 4.33. The Morgan fingerprint density at radius 3 is 2.53 bits per heavy atom. The summed E-state index contributed by atoms with van der Waals surface area (Å²) < 4.78 is 31.0. The highest BCUT2D eigenvalue weighted by Crippen LogP contribution is 2.27. The number of aromatic carboxylic acids is 1. The second-order valence-electron chi connectivity index (χ2n) is 3.40. The van der Waals surface area contributed by atoms with E-state index in [4.69, 9.17) is 9.52 Å². The maximum atomic E-state index is 12.0. The van der Waals surface area contributed by atoms with Crippen molar-refractivity contribution in [3.05, 3.63) is 41.0 Å². The lowest BCUT2D eigenvalue weighted by atomic mass is 10.4. The van der Waals surface area contributed by atoms with E-state index in [1.807, 2.05) is 0 Å². The van der Waals surface area contributed by atoms with Gasteiger partial charge in [0.25, 0.3) is 10.0 Å². The topological polar surface area (TPSA) is 110 Å². The van der Waals surface area contributed by atoms with Gasteiger partial charge in [-0.15, -0.1) is 0 Å². The van der Waals surface area contributed by atoms with Gasteiger partial charge in [0.15, 0.2) is 4.67 Å². The number of sulfonamides is 1. The number of furan rings is 1. The van der Waals surface area contributed by atoms with Crippen LogP contribution in [0.1, 0.15) is 10.6 Å². The number of nitrogens with zero attached hydrogens (tertiary/aromatic N) is 1. The van der Waals surface area contributed by atoms with Gasteiger partial charge >= 0.3 is 5.97 Å². The predicted molar refractivity (Wildman–Crippen MR) is 68.4 cm³/mol. The normalized spacial score (nSPS) is 11.2. The van der Waals surface area contributed by atoms with Crippen LogP contribution in [-0.2, 0) is 10.0 Å². The maximum Gasteiger partial charge on any atom is 0.371 e. The smallest absolute Gasteiger partial charge is 0.371 e. The van der Waals surface area contributed by atoms with Gasteiger partial charge in [-0.3, -0.25) is 9.71 Å². The summed E-state index contributed by atoms with van der Waals surface area (Å²) in [5, 5.41) is 8.74. The maximum absolute atomic E-state index is 12.0. The van der Waals surface area contributed by atoms with E-state index in [1.165, 1.54) is 24.5 Å². The molecule has 0 spiro atoms. The molecule has 2 aromatic rings. The van der Waals surface area contributed by atoms with Crippen LogP contribution in [-0.4, -0.2) is 24.5 Å². The predicted octanol–water partition coefficient (Wildman–Crippen LogP) is 1.94. The van der Waals surface area contributed by atoms with E-state index in [-0.39, 0.29) is 9.56 Å². The first-order valence-electron chi connectivity index (χ1n) is 4.85. The number of aromatic nitrogens is 1. The van der Waals surface area contributed by atoms with Gasteiger partial charge in [-0.25, -0.2) is 13.2 Å². The Balaban J connectivity index is 2.37. The van der Waals surface area contributed by atoms with E-state index in [1.54, 1.807) is 0 Å². The van der Waals surface area contributed by atoms with Crippen molar-refractivity contribution in [3.63, 3.8) is 0 Å². The molecule has 0 radical (unpaired) electrons. The molecule has 0 bridgehead atoms. The molecule has 0 aromatic carbocycles. The molecule has 0 atom stereocenters. The van der Waals surface area contributed by atoms with Crippen LogP contribution in [0.3, 0.4) is 0 Å². The van der Waals surface area contributed by atoms with Crippen molar-refractivity contribution in [1.29, 1.82) is 0 Å². The van der Waals surface area contributed by atoms with Crippen molar-refractivity contribution in [1.82, 2.24) is 4.98 Å². The minimum Gasteiger partial charge on any atom is -0.475 e. The molecule has 0 aliphatic carbocycles. The van der Waals surface area contributed by atoms with Gasteiger partial charge in [-0.1, -0.05) is 0 Å². The summed E-state index contributed by atoms with van der Waals surface area (Å²) in [7, 11) is -3.94. The van der Waals surface area contributed by atoms with Crippen molar-refractivity contribution in [3.8, 4) is 0 Å². The molecule has 0 amide bonds. The molecule has 2 heterocycles. The Bertz CT molecular complexity index is 711. The average molecular weight is 347 g/mol. The quantitative estimate of drug-likeness (QED) is 0.875. The van der Waals surface area contributed by atoms with E-state index in [2.05, 4.69) is 25.6 Å². The molecule has 0 aliphatic heterocycles. The first-order chi connectivity index (χ1) is 8.90. The highest BCUT2D eigenvalue weighted by Gasteiger charge is 2.24. The molecule has 0 saturated heterocycles. The number of carbonyl (C=O) groups is 1. The number of halogens is 1. The zero-order chi connectivity index (χ0) is 14.0. The molecule has 100 valence electrons.